The average Bonchev–Trinajstić information content (AvgIpc) is 3.82. The Labute approximate surface area is 286 Å². The molecule has 51 heavy (non-hydrogen) atoms. The van der Waals surface area contributed by atoms with Gasteiger partial charge in [0, 0.05) is 0 Å². The van der Waals surface area contributed by atoms with Crippen LogP contribution in [-0.4, -0.2) is 71.4 Å². The van der Waals surface area contributed by atoms with Crippen molar-refractivity contribution in [3.8, 4) is 11.8 Å². The molecule has 6 rings (SSSR count). The first-order valence-electron chi connectivity index (χ1n) is 14.0. The molecule has 2 atom stereocenters. The SMILES string of the molecule is O=S(=O)(c1ccccc1)c1c(OCC(COC2=NON([O-])C2S(=O)(=O)c2ccccc2)Oc2no[n+]([O-])c2S(=O)(=O)c2ccccc2)no[n+]1[O-]. The van der Waals surface area contributed by atoms with Crippen LogP contribution in [0, 0.1) is 15.6 Å². The number of benzene rings is 3. The number of hydrogen-bond acceptors (Lipinski definition) is 19. The Hall–Kier alpha value is -5.82. The van der Waals surface area contributed by atoms with Crippen molar-refractivity contribution >= 4 is 35.4 Å². The molecule has 0 aliphatic carbocycles. The molecule has 2 aromatic heterocycles. The number of nitrogens with zero attached hydrogens (tertiary/aromatic N) is 6. The fraction of sp³-hybridized carbons (Fsp3) is 0.148. The van der Waals surface area contributed by atoms with Gasteiger partial charge in [0.1, 0.15) is 13.2 Å². The molecule has 0 bridgehead atoms. The van der Waals surface area contributed by atoms with Crippen LogP contribution in [0.3, 0.4) is 0 Å². The Morgan fingerprint density at radius 1 is 0.686 bits per heavy atom. The van der Waals surface area contributed by atoms with Crippen LogP contribution in [0.15, 0.2) is 130 Å². The first-order valence-corrected chi connectivity index (χ1v) is 18.6. The molecule has 1 aliphatic heterocycles. The second-order valence-electron chi connectivity index (χ2n) is 10.1. The zero-order valence-corrected chi connectivity index (χ0v) is 27.7. The molecule has 2 unspecified atom stereocenters. The fourth-order valence-electron chi connectivity index (χ4n) is 4.43. The molecule has 0 saturated heterocycles. The topological polar surface area (TPSA) is 284 Å². The summed E-state index contributed by atoms with van der Waals surface area (Å²) in [7, 11) is -13.8. The highest BCUT2D eigenvalue weighted by Gasteiger charge is 2.43. The van der Waals surface area contributed by atoms with Crippen molar-refractivity contribution in [2.75, 3.05) is 13.2 Å². The van der Waals surface area contributed by atoms with E-state index < -0.39 is 91.7 Å². The highest BCUT2D eigenvalue weighted by atomic mass is 32.2. The van der Waals surface area contributed by atoms with Crippen LogP contribution in [0.2, 0.25) is 0 Å². The van der Waals surface area contributed by atoms with Gasteiger partial charge in [0.05, 0.1) is 25.0 Å². The molecule has 1 aliphatic rings. The number of ether oxygens (including phenoxy) is 3. The molecule has 24 heteroatoms. The lowest BCUT2D eigenvalue weighted by Gasteiger charge is -2.25. The lowest BCUT2D eigenvalue weighted by atomic mass is 10.4. The fourth-order valence-corrected chi connectivity index (χ4v) is 8.44. The lowest BCUT2D eigenvalue weighted by Crippen LogP contribution is -2.41. The summed E-state index contributed by atoms with van der Waals surface area (Å²) < 4.78 is 105. The Morgan fingerprint density at radius 3 is 1.67 bits per heavy atom. The highest BCUT2D eigenvalue weighted by Crippen LogP contribution is 2.29. The molecule has 0 spiro atoms. The third-order valence-electron chi connectivity index (χ3n) is 6.79. The van der Waals surface area contributed by atoms with Crippen LogP contribution < -0.4 is 19.3 Å². The van der Waals surface area contributed by atoms with E-state index in [-0.39, 0.29) is 19.9 Å². The third kappa shape index (κ3) is 6.84. The highest BCUT2D eigenvalue weighted by molar-refractivity contribution is 7.93. The summed E-state index contributed by atoms with van der Waals surface area (Å²) in [5, 5.41) is 42.7. The third-order valence-corrected chi connectivity index (χ3v) is 12.1. The van der Waals surface area contributed by atoms with Crippen molar-refractivity contribution in [3.05, 3.63) is 107 Å². The molecule has 0 saturated carbocycles. The number of sulfone groups is 3. The van der Waals surface area contributed by atoms with Gasteiger partial charge in [-0.3, -0.25) is 9.26 Å². The van der Waals surface area contributed by atoms with E-state index in [1.807, 2.05) is 0 Å². The molecule has 0 N–H and O–H groups in total. The predicted octanol–water partition coefficient (Wildman–Crippen LogP) is 0.297. The Morgan fingerprint density at radius 2 is 1.14 bits per heavy atom. The first kappa shape index (κ1) is 35.0. The maximum atomic E-state index is 13.3. The van der Waals surface area contributed by atoms with E-state index in [1.54, 1.807) is 0 Å². The first-order chi connectivity index (χ1) is 24.3. The van der Waals surface area contributed by atoms with Crippen LogP contribution in [0.25, 0.3) is 0 Å². The van der Waals surface area contributed by atoms with Crippen LogP contribution in [-0.2, 0) is 39.2 Å². The molecular formula is C27H21N6O15S3-. The van der Waals surface area contributed by atoms with E-state index in [2.05, 4.69) is 29.7 Å². The van der Waals surface area contributed by atoms with Gasteiger partial charge >= 0.3 is 21.8 Å². The standard InChI is InChI=1S/C27H21N6O15S3/c34-31-25(49(37,38)19-10-4-1-5-11-19)22(28-46-31)43-16-18(45-24-27(33(36)48-30-24)51(41,42)21-14-8-3-9-15-21)17-44-23-26(32(35)47-29-23)50(39,40)20-12-6-2-7-13-20/h1-15,18,25H,16-17H2/q-1. The monoisotopic (exact) mass is 765 g/mol. The van der Waals surface area contributed by atoms with E-state index in [4.69, 9.17) is 14.2 Å². The minimum atomic E-state index is -4.65. The van der Waals surface area contributed by atoms with E-state index >= 15 is 0 Å². The summed E-state index contributed by atoms with van der Waals surface area (Å²) in [6, 6.07) is 20.1. The van der Waals surface area contributed by atoms with E-state index in [0.29, 0.717) is 0 Å². The summed E-state index contributed by atoms with van der Waals surface area (Å²) >= 11 is 0. The number of hydrogen-bond donors (Lipinski definition) is 0. The Balaban J connectivity index is 1.31. The summed E-state index contributed by atoms with van der Waals surface area (Å²) in [6.07, 6.45) is -1.69. The molecule has 3 heterocycles. The molecule has 268 valence electrons. The minimum Gasteiger partial charge on any atom is -0.749 e. The zero-order chi connectivity index (χ0) is 36.4. The normalized spacial score (nSPS) is 15.9. The number of aromatic nitrogens is 4. The summed E-state index contributed by atoms with van der Waals surface area (Å²) in [6.45, 7) is -1.75. The van der Waals surface area contributed by atoms with Crippen LogP contribution in [0.5, 0.6) is 11.8 Å². The second kappa shape index (κ2) is 13.8. The number of hydroxylamine groups is 2. The van der Waals surface area contributed by atoms with Gasteiger partial charge < -0.3 is 34.8 Å². The van der Waals surface area contributed by atoms with Gasteiger partial charge in [0.15, 0.2) is 6.10 Å². The van der Waals surface area contributed by atoms with Crippen molar-refractivity contribution < 1.29 is 63.5 Å². The lowest BCUT2D eigenvalue weighted by molar-refractivity contribution is -0.832. The molecule has 5 aromatic rings. The van der Waals surface area contributed by atoms with Crippen molar-refractivity contribution in [1.82, 2.24) is 15.5 Å². The van der Waals surface area contributed by atoms with Crippen molar-refractivity contribution in [3.63, 3.8) is 0 Å². The summed E-state index contributed by atoms with van der Waals surface area (Å²) in [5.74, 6) is -2.62. The van der Waals surface area contributed by atoms with Gasteiger partial charge in [-0.15, -0.1) is 0 Å². The second-order valence-corrected chi connectivity index (χ2v) is 15.8. The molecule has 3 aromatic carbocycles. The molecular weight excluding hydrogens is 745 g/mol. The summed E-state index contributed by atoms with van der Waals surface area (Å²) in [4.78, 5) is 2.63. The number of rotatable bonds is 13. The Bertz CT molecular complexity index is 2370. The van der Waals surface area contributed by atoms with Crippen molar-refractivity contribution in [2.24, 2.45) is 5.16 Å². The summed E-state index contributed by atoms with van der Waals surface area (Å²) in [5.41, 5.74) is 0. The predicted molar refractivity (Wildman–Crippen MR) is 162 cm³/mol. The van der Waals surface area contributed by atoms with Gasteiger partial charge in [-0.2, -0.15) is 5.23 Å². The van der Waals surface area contributed by atoms with E-state index in [0.717, 1.165) is 0 Å². The average molecular weight is 766 g/mol. The van der Waals surface area contributed by atoms with Gasteiger partial charge in [-0.1, -0.05) is 54.6 Å². The molecule has 0 radical (unpaired) electrons. The minimum absolute atomic E-state index is 0.295. The maximum Gasteiger partial charge on any atom is 0.415 e. The smallest absolute Gasteiger partial charge is 0.415 e. The molecule has 0 amide bonds. The number of oxime groups is 1. The molecule has 0 fully saturated rings. The van der Waals surface area contributed by atoms with E-state index in [1.165, 1.54) is 91.0 Å². The molecule has 21 nitrogen and oxygen atoms in total. The zero-order valence-electron chi connectivity index (χ0n) is 25.3. The maximum absolute atomic E-state index is 13.3. The van der Waals surface area contributed by atoms with Crippen LogP contribution in [0.1, 0.15) is 0 Å². The van der Waals surface area contributed by atoms with E-state index in [9.17, 15) is 40.9 Å². The van der Waals surface area contributed by atoms with Crippen molar-refractivity contribution in [1.29, 1.82) is 0 Å². The van der Waals surface area contributed by atoms with Gasteiger partial charge in [0.2, 0.25) is 15.2 Å². The quantitative estimate of drug-likeness (QED) is 0.146. The van der Waals surface area contributed by atoms with Gasteiger partial charge in [-0.25, -0.2) is 25.3 Å². The van der Waals surface area contributed by atoms with Crippen molar-refractivity contribution in [2.45, 2.75) is 36.2 Å². The van der Waals surface area contributed by atoms with Gasteiger partial charge in [0.25, 0.3) is 25.6 Å². The Kier molecular flexibility index (Phi) is 9.50. The van der Waals surface area contributed by atoms with Gasteiger partial charge in [-0.05, 0) is 51.4 Å². The van der Waals surface area contributed by atoms with Crippen LogP contribution in [0.4, 0.5) is 0 Å². The largest absolute Gasteiger partial charge is 0.749 e. The van der Waals surface area contributed by atoms with Crippen LogP contribution >= 0.6 is 0 Å².